The number of rotatable bonds is 7. The van der Waals surface area contributed by atoms with Gasteiger partial charge in [0.15, 0.2) is 0 Å². The molecule has 0 aromatic heterocycles. The number of carbonyl (C=O) groups excluding carboxylic acids is 1. The first kappa shape index (κ1) is 15.1. The molecule has 0 aliphatic heterocycles. The maximum Gasteiger partial charge on any atom is 0.326 e. The van der Waals surface area contributed by atoms with Gasteiger partial charge in [-0.3, -0.25) is 4.79 Å². The van der Waals surface area contributed by atoms with Crippen LogP contribution in [0, 0.1) is 0 Å². The van der Waals surface area contributed by atoms with E-state index in [0.29, 0.717) is 12.2 Å². The average Bonchev–Trinajstić information content (AvgIpc) is 2.39. The number of benzene rings is 1. The van der Waals surface area contributed by atoms with Crippen molar-refractivity contribution in [3.63, 3.8) is 0 Å². The largest absolute Gasteiger partial charge is 0.480 e. The van der Waals surface area contributed by atoms with E-state index < -0.39 is 17.9 Å². The quantitative estimate of drug-likeness (QED) is 0.664. The minimum absolute atomic E-state index is 0.0250. The molecule has 6 nitrogen and oxygen atoms in total. The molecule has 1 rings (SSSR count). The fraction of sp³-hybridized carbons (Fsp3) is 0.385. The maximum absolute atomic E-state index is 11.8. The van der Waals surface area contributed by atoms with Crippen molar-refractivity contribution >= 4 is 11.9 Å². The van der Waals surface area contributed by atoms with E-state index in [2.05, 4.69) is 5.32 Å². The Kier molecular flexibility index (Phi) is 5.98. The van der Waals surface area contributed by atoms with Crippen LogP contribution in [0.25, 0.3) is 0 Å². The summed E-state index contributed by atoms with van der Waals surface area (Å²) in [6, 6.07) is 5.58. The molecule has 0 heterocycles. The second-order valence-corrected chi connectivity index (χ2v) is 4.01. The Balaban J connectivity index is 2.68. The summed E-state index contributed by atoms with van der Waals surface area (Å²) in [5.41, 5.74) is 1.29. The molecule has 0 saturated carbocycles. The van der Waals surface area contributed by atoms with Crippen molar-refractivity contribution in [2.24, 2.45) is 0 Å². The van der Waals surface area contributed by atoms with Crippen LogP contribution in [0.1, 0.15) is 22.3 Å². The van der Waals surface area contributed by atoms with E-state index in [4.69, 9.17) is 14.9 Å². The third kappa shape index (κ3) is 4.69. The number of hydrogen-bond acceptors (Lipinski definition) is 4. The zero-order chi connectivity index (χ0) is 14.3. The van der Waals surface area contributed by atoms with Gasteiger partial charge >= 0.3 is 5.97 Å². The van der Waals surface area contributed by atoms with Crippen LogP contribution in [0.3, 0.4) is 0 Å². The summed E-state index contributed by atoms with van der Waals surface area (Å²) in [6.45, 7) is 0.147. The number of carboxylic acids is 1. The van der Waals surface area contributed by atoms with Crippen molar-refractivity contribution in [1.82, 2.24) is 5.32 Å². The molecule has 0 aliphatic rings. The van der Waals surface area contributed by atoms with Gasteiger partial charge in [0.2, 0.25) is 0 Å². The molecule has 0 radical (unpaired) electrons. The molecular formula is C13H17NO5. The number of amides is 1. The van der Waals surface area contributed by atoms with Crippen molar-refractivity contribution in [2.45, 2.75) is 19.1 Å². The molecule has 1 atom stereocenters. The van der Waals surface area contributed by atoms with Gasteiger partial charge in [0.1, 0.15) is 6.04 Å². The van der Waals surface area contributed by atoms with Gasteiger partial charge in [0.05, 0.1) is 6.61 Å². The van der Waals surface area contributed by atoms with Gasteiger partial charge < -0.3 is 20.3 Å². The number of methoxy groups -OCH3 is 1. The van der Waals surface area contributed by atoms with E-state index in [1.807, 2.05) is 0 Å². The van der Waals surface area contributed by atoms with Crippen LogP contribution >= 0.6 is 0 Å². The van der Waals surface area contributed by atoms with Gasteiger partial charge in [-0.05, 0) is 17.7 Å². The number of carbonyl (C=O) groups is 2. The highest BCUT2D eigenvalue weighted by atomic mass is 16.5. The number of carboxylic acid groups (broad SMARTS) is 1. The Morgan fingerprint density at radius 3 is 2.42 bits per heavy atom. The second kappa shape index (κ2) is 7.50. The molecule has 0 spiro atoms. The predicted octanol–water partition coefficient (Wildman–Crippen LogP) is 0.398. The summed E-state index contributed by atoms with van der Waals surface area (Å²) in [4.78, 5) is 22.7. The van der Waals surface area contributed by atoms with Crippen LogP contribution in [0.4, 0.5) is 0 Å². The number of hydrogen-bond donors (Lipinski definition) is 3. The van der Waals surface area contributed by atoms with E-state index in [9.17, 15) is 9.59 Å². The van der Waals surface area contributed by atoms with Crippen molar-refractivity contribution < 1.29 is 24.5 Å². The first-order valence-corrected chi connectivity index (χ1v) is 5.81. The molecule has 0 fully saturated rings. The molecule has 3 N–H and O–H groups in total. The maximum atomic E-state index is 11.8. The summed E-state index contributed by atoms with van der Waals surface area (Å²) in [6.07, 6.45) is -0.0250. The highest BCUT2D eigenvalue weighted by Crippen LogP contribution is 2.06. The van der Waals surface area contributed by atoms with Gasteiger partial charge in [-0.25, -0.2) is 4.79 Å². The Morgan fingerprint density at radius 2 is 1.95 bits per heavy atom. The van der Waals surface area contributed by atoms with Gasteiger partial charge in [0, 0.05) is 25.7 Å². The van der Waals surface area contributed by atoms with E-state index >= 15 is 0 Å². The summed E-state index contributed by atoms with van der Waals surface area (Å²) >= 11 is 0. The predicted molar refractivity (Wildman–Crippen MR) is 67.7 cm³/mol. The Morgan fingerprint density at radius 1 is 1.32 bits per heavy atom. The second-order valence-electron chi connectivity index (χ2n) is 4.01. The molecule has 6 heteroatoms. The molecule has 0 saturated heterocycles. The summed E-state index contributed by atoms with van der Waals surface area (Å²) in [5.74, 6) is -1.65. The number of nitrogens with one attached hydrogen (secondary N) is 1. The normalized spacial score (nSPS) is 11.9. The molecule has 0 unspecified atom stereocenters. The third-order valence-electron chi connectivity index (χ3n) is 2.55. The average molecular weight is 267 g/mol. The SMILES string of the molecule is COCc1ccc(C(=O)N[C@@H](CCO)C(=O)O)cc1. The van der Waals surface area contributed by atoms with Gasteiger partial charge in [-0.1, -0.05) is 12.1 Å². The number of aliphatic hydroxyl groups excluding tert-OH is 1. The molecular weight excluding hydrogens is 250 g/mol. The van der Waals surface area contributed by atoms with E-state index in [1.165, 1.54) is 0 Å². The van der Waals surface area contributed by atoms with Crippen molar-refractivity contribution in [1.29, 1.82) is 0 Å². The molecule has 1 aromatic carbocycles. The lowest BCUT2D eigenvalue weighted by atomic mass is 10.1. The highest BCUT2D eigenvalue weighted by molar-refractivity contribution is 5.96. The van der Waals surface area contributed by atoms with Crippen LogP contribution in [0.2, 0.25) is 0 Å². The fourth-order valence-electron chi connectivity index (χ4n) is 1.55. The standard InChI is InChI=1S/C13H17NO5/c1-19-8-9-2-4-10(5-3-9)12(16)14-11(6-7-15)13(17)18/h2-5,11,15H,6-8H2,1H3,(H,14,16)(H,17,18)/t11-/m0/s1. The van der Waals surface area contributed by atoms with Gasteiger partial charge in [0.25, 0.3) is 5.91 Å². The lowest BCUT2D eigenvalue weighted by Crippen LogP contribution is -2.41. The number of ether oxygens (including phenoxy) is 1. The molecule has 104 valence electrons. The number of aliphatic hydroxyl groups is 1. The van der Waals surface area contributed by atoms with Crippen LogP contribution in [-0.2, 0) is 16.1 Å². The summed E-state index contributed by atoms with van der Waals surface area (Å²) in [7, 11) is 1.58. The molecule has 1 aromatic rings. The molecule has 0 bridgehead atoms. The third-order valence-corrected chi connectivity index (χ3v) is 2.55. The number of aliphatic carboxylic acids is 1. The van der Waals surface area contributed by atoms with Gasteiger partial charge in [-0.15, -0.1) is 0 Å². The molecule has 19 heavy (non-hydrogen) atoms. The van der Waals surface area contributed by atoms with Crippen molar-refractivity contribution in [3.8, 4) is 0 Å². The first-order valence-electron chi connectivity index (χ1n) is 5.81. The fourth-order valence-corrected chi connectivity index (χ4v) is 1.55. The summed E-state index contributed by atoms with van der Waals surface area (Å²) < 4.78 is 4.95. The minimum Gasteiger partial charge on any atom is -0.480 e. The Hall–Kier alpha value is -1.92. The Bertz CT molecular complexity index is 429. The molecule has 1 amide bonds. The van der Waals surface area contributed by atoms with E-state index in [1.54, 1.807) is 31.4 Å². The molecule has 0 aliphatic carbocycles. The summed E-state index contributed by atoms with van der Waals surface area (Å²) in [5, 5.41) is 20.0. The topological polar surface area (TPSA) is 95.9 Å². The Labute approximate surface area is 111 Å². The lowest BCUT2D eigenvalue weighted by molar-refractivity contribution is -0.139. The lowest BCUT2D eigenvalue weighted by Gasteiger charge is -2.13. The highest BCUT2D eigenvalue weighted by Gasteiger charge is 2.19. The van der Waals surface area contributed by atoms with Crippen molar-refractivity contribution in [3.05, 3.63) is 35.4 Å². The smallest absolute Gasteiger partial charge is 0.326 e. The zero-order valence-electron chi connectivity index (χ0n) is 10.6. The van der Waals surface area contributed by atoms with Crippen LogP contribution in [0.15, 0.2) is 24.3 Å². The van der Waals surface area contributed by atoms with Gasteiger partial charge in [-0.2, -0.15) is 0 Å². The minimum atomic E-state index is -1.17. The van der Waals surface area contributed by atoms with Crippen LogP contribution in [-0.4, -0.2) is 41.8 Å². The van der Waals surface area contributed by atoms with Crippen LogP contribution in [0.5, 0.6) is 0 Å². The van der Waals surface area contributed by atoms with E-state index in [-0.39, 0.29) is 13.0 Å². The van der Waals surface area contributed by atoms with Crippen LogP contribution < -0.4 is 5.32 Å². The monoisotopic (exact) mass is 267 g/mol. The first-order chi connectivity index (χ1) is 9.08. The zero-order valence-corrected chi connectivity index (χ0v) is 10.6. The van der Waals surface area contributed by atoms with Crippen molar-refractivity contribution in [2.75, 3.05) is 13.7 Å². The van der Waals surface area contributed by atoms with E-state index in [0.717, 1.165) is 5.56 Å².